The van der Waals surface area contributed by atoms with Crippen LogP contribution in [-0.2, 0) is 9.53 Å². The van der Waals surface area contributed by atoms with Gasteiger partial charge in [-0.2, -0.15) is 0 Å². The maximum atomic E-state index is 12.2. The van der Waals surface area contributed by atoms with Crippen molar-refractivity contribution in [1.29, 1.82) is 0 Å². The number of carbonyl (C=O) groups excluding carboxylic acids is 1. The number of rotatable bonds is 5. The zero-order valence-electron chi connectivity index (χ0n) is 11.0. The molecule has 1 saturated heterocycles. The second kappa shape index (κ2) is 5.64. The van der Waals surface area contributed by atoms with Crippen LogP contribution in [0.1, 0.15) is 20.3 Å². The molecule has 4 nitrogen and oxygen atoms in total. The van der Waals surface area contributed by atoms with E-state index in [1.165, 1.54) is 0 Å². The fourth-order valence-electron chi connectivity index (χ4n) is 2.31. The van der Waals surface area contributed by atoms with Crippen LogP contribution in [0.15, 0.2) is 23.3 Å². The Labute approximate surface area is 122 Å². The highest BCUT2D eigenvalue weighted by Crippen LogP contribution is 2.50. The predicted octanol–water partition coefficient (Wildman–Crippen LogP) is 2.05. The number of thioether (sulfide) groups is 1. The minimum absolute atomic E-state index is 0.0391. The number of aliphatic hydroxyl groups is 1. The van der Waals surface area contributed by atoms with E-state index >= 15 is 0 Å². The lowest BCUT2D eigenvalue weighted by Crippen LogP contribution is -2.61. The van der Waals surface area contributed by atoms with E-state index < -0.39 is 6.10 Å². The van der Waals surface area contributed by atoms with Gasteiger partial charge in [-0.25, -0.2) is 0 Å². The first-order valence-electron chi connectivity index (χ1n) is 6.19. The molecule has 0 aromatic rings. The van der Waals surface area contributed by atoms with Crippen molar-refractivity contribution in [3.8, 4) is 0 Å². The molecule has 2 rings (SSSR count). The monoisotopic (exact) mass is 299 g/mol. The molecule has 0 saturated carbocycles. The average molecular weight is 299 g/mol. The summed E-state index contributed by atoms with van der Waals surface area (Å²) < 4.78 is 5.35. The van der Waals surface area contributed by atoms with Crippen LogP contribution in [0.25, 0.3) is 0 Å². The van der Waals surface area contributed by atoms with Gasteiger partial charge in [-0.05, 0) is 25.6 Å². The Morgan fingerprint density at radius 1 is 1.74 bits per heavy atom. The fraction of sp³-hybridized carbons (Fsp3) is 0.538. The molecule has 104 valence electrons. The summed E-state index contributed by atoms with van der Waals surface area (Å²) in [4.78, 5) is 14.8. The molecule has 2 aliphatic heterocycles. The summed E-state index contributed by atoms with van der Waals surface area (Å²) in [6.07, 6.45) is 1.60. The first-order chi connectivity index (χ1) is 9.02. The van der Waals surface area contributed by atoms with Crippen LogP contribution < -0.4 is 0 Å². The van der Waals surface area contributed by atoms with Crippen LogP contribution in [0, 0.1) is 5.92 Å². The van der Waals surface area contributed by atoms with E-state index in [0.29, 0.717) is 23.8 Å². The Bertz CT molecular complexity index is 461. The van der Waals surface area contributed by atoms with Crippen molar-refractivity contribution in [1.82, 2.24) is 4.90 Å². The van der Waals surface area contributed by atoms with Gasteiger partial charge < -0.3 is 9.84 Å². The Morgan fingerprint density at radius 3 is 3.00 bits per heavy atom. The Kier molecular flexibility index (Phi) is 4.32. The summed E-state index contributed by atoms with van der Waals surface area (Å²) in [6, 6.07) is 0. The van der Waals surface area contributed by atoms with E-state index in [1.807, 2.05) is 13.8 Å². The maximum Gasteiger partial charge on any atom is 0.236 e. The lowest BCUT2D eigenvalue weighted by Gasteiger charge is -2.44. The number of aliphatic hydroxyl groups excluding tert-OH is 1. The quantitative estimate of drug-likeness (QED) is 0.478. The normalized spacial score (nSPS) is 26.9. The molecule has 0 spiro atoms. The van der Waals surface area contributed by atoms with Gasteiger partial charge in [-0.15, -0.1) is 11.8 Å². The van der Waals surface area contributed by atoms with Gasteiger partial charge in [0.1, 0.15) is 17.7 Å². The summed E-state index contributed by atoms with van der Waals surface area (Å²) >= 11 is 6.78. The standard InChI is InChI=1S/C13H17NO3S2/c1-4-6-17-13(18)10-7(3)19-12-9(8(15)5-2)11(16)14(10)12/h4,8-9,12,15H,1,5-6H2,2-3H3/t8-,9+,12+/m0/s1. The summed E-state index contributed by atoms with van der Waals surface area (Å²) in [5.41, 5.74) is 0.677. The van der Waals surface area contributed by atoms with Gasteiger partial charge in [0.05, 0.1) is 12.0 Å². The lowest BCUT2D eigenvalue weighted by molar-refractivity contribution is -0.152. The number of β-lactam (4-membered cyclic amide) rings is 1. The highest BCUT2D eigenvalue weighted by atomic mass is 32.2. The number of amides is 1. The van der Waals surface area contributed by atoms with Crippen molar-refractivity contribution < 1.29 is 14.6 Å². The molecule has 0 bridgehead atoms. The third kappa shape index (κ3) is 2.32. The molecule has 0 unspecified atom stereocenters. The molecule has 0 aliphatic carbocycles. The van der Waals surface area contributed by atoms with Crippen LogP contribution in [0.4, 0.5) is 0 Å². The third-order valence-electron chi connectivity index (χ3n) is 3.31. The van der Waals surface area contributed by atoms with Gasteiger partial charge in [0.2, 0.25) is 11.0 Å². The Balaban J connectivity index is 2.13. The second-order valence-corrected chi connectivity index (χ2v) is 6.21. The molecule has 6 heteroatoms. The summed E-state index contributed by atoms with van der Waals surface area (Å²) in [5, 5.41) is 10.2. The lowest BCUT2D eigenvalue weighted by atomic mass is 9.90. The van der Waals surface area contributed by atoms with Crippen molar-refractivity contribution in [2.75, 3.05) is 6.61 Å². The SMILES string of the molecule is C=CCOC(=S)C1=C(C)S[C@@H]2[C@H]([C@@H](O)CC)C(=O)N12. The van der Waals surface area contributed by atoms with Crippen LogP contribution in [-0.4, -0.2) is 39.0 Å². The van der Waals surface area contributed by atoms with Gasteiger partial charge >= 0.3 is 0 Å². The number of hydrogen-bond donors (Lipinski definition) is 1. The number of hydrogen-bond acceptors (Lipinski definition) is 5. The molecular formula is C13H17NO3S2. The van der Waals surface area contributed by atoms with Crippen molar-refractivity contribution >= 4 is 34.9 Å². The molecule has 3 atom stereocenters. The second-order valence-electron chi connectivity index (χ2n) is 4.51. The van der Waals surface area contributed by atoms with Gasteiger partial charge in [0.15, 0.2) is 0 Å². The highest BCUT2D eigenvalue weighted by Gasteiger charge is 2.56. The molecule has 2 aliphatic rings. The zero-order chi connectivity index (χ0) is 14.2. The summed E-state index contributed by atoms with van der Waals surface area (Å²) in [6.45, 7) is 7.69. The predicted molar refractivity (Wildman–Crippen MR) is 79.5 cm³/mol. The van der Waals surface area contributed by atoms with E-state index in [1.54, 1.807) is 22.7 Å². The van der Waals surface area contributed by atoms with E-state index in [4.69, 9.17) is 17.0 Å². The maximum absolute atomic E-state index is 12.2. The van der Waals surface area contributed by atoms with Crippen molar-refractivity contribution in [2.24, 2.45) is 5.92 Å². The van der Waals surface area contributed by atoms with Crippen LogP contribution in [0.5, 0.6) is 0 Å². The first-order valence-corrected chi connectivity index (χ1v) is 7.48. The molecular weight excluding hydrogens is 282 g/mol. The fourth-order valence-corrected chi connectivity index (χ4v) is 4.12. The van der Waals surface area contributed by atoms with E-state index in [9.17, 15) is 9.90 Å². The van der Waals surface area contributed by atoms with E-state index in [-0.39, 0.29) is 17.2 Å². The number of fused-ring (bicyclic) bond motifs is 1. The third-order valence-corrected chi connectivity index (χ3v) is 4.92. The number of nitrogens with zero attached hydrogens (tertiary/aromatic N) is 1. The number of thiocarbonyl (C=S) groups is 1. The summed E-state index contributed by atoms with van der Waals surface area (Å²) in [7, 11) is 0. The average Bonchev–Trinajstić information content (AvgIpc) is 2.69. The van der Waals surface area contributed by atoms with Gasteiger partial charge in [0, 0.05) is 4.91 Å². The molecule has 0 radical (unpaired) electrons. The molecule has 0 aromatic carbocycles. The minimum Gasteiger partial charge on any atom is -0.478 e. The highest BCUT2D eigenvalue weighted by molar-refractivity contribution is 8.04. The van der Waals surface area contributed by atoms with Gasteiger partial charge in [-0.3, -0.25) is 9.69 Å². The smallest absolute Gasteiger partial charge is 0.236 e. The molecule has 1 N–H and O–H groups in total. The van der Waals surface area contributed by atoms with E-state index in [2.05, 4.69) is 6.58 Å². The number of carbonyl (C=O) groups is 1. The van der Waals surface area contributed by atoms with Crippen LogP contribution in [0.3, 0.4) is 0 Å². The first kappa shape index (κ1) is 14.6. The van der Waals surface area contributed by atoms with Gasteiger partial charge in [-0.1, -0.05) is 19.6 Å². The Hall–Kier alpha value is -0.850. The topological polar surface area (TPSA) is 49.8 Å². The summed E-state index contributed by atoms with van der Waals surface area (Å²) in [5.74, 6) is -0.395. The zero-order valence-corrected chi connectivity index (χ0v) is 12.6. The van der Waals surface area contributed by atoms with Crippen molar-refractivity contribution in [3.05, 3.63) is 23.3 Å². The largest absolute Gasteiger partial charge is 0.478 e. The molecule has 19 heavy (non-hydrogen) atoms. The Morgan fingerprint density at radius 2 is 2.42 bits per heavy atom. The molecule has 1 amide bonds. The van der Waals surface area contributed by atoms with Crippen LogP contribution >= 0.6 is 24.0 Å². The molecule has 2 heterocycles. The molecule has 1 fully saturated rings. The minimum atomic E-state index is -0.587. The number of allylic oxidation sites excluding steroid dienone is 1. The van der Waals surface area contributed by atoms with Gasteiger partial charge in [0.25, 0.3) is 0 Å². The van der Waals surface area contributed by atoms with E-state index in [0.717, 1.165) is 4.91 Å². The number of ether oxygens (including phenoxy) is 1. The molecule has 0 aromatic heterocycles. The van der Waals surface area contributed by atoms with Crippen molar-refractivity contribution in [2.45, 2.75) is 31.7 Å². The van der Waals surface area contributed by atoms with Crippen molar-refractivity contribution in [3.63, 3.8) is 0 Å². The van der Waals surface area contributed by atoms with Crippen LogP contribution in [0.2, 0.25) is 0 Å².